The molecule has 1 aromatic heterocycles. The average molecular weight is 394 g/mol. The lowest BCUT2D eigenvalue weighted by atomic mass is 10.0. The Labute approximate surface area is 148 Å². The predicted molar refractivity (Wildman–Crippen MR) is 100 cm³/mol. The minimum absolute atomic E-state index is 0.135. The van der Waals surface area contributed by atoms with Gasteiger partial charge in [-0.2, -0.15) is 0 Å². The summed E-state index contributed by atoms with van der Waals surface area (Å²) in [5.74, 6) is 0.816. The largest absolute Gasteiger partial charge is 0.543 e. The van der Waals surface area contributed by atoms with Crippen molar-refractivity contribution < 1.29 is 9.53 Å². The van der Waals surface area contributed by atoms with Gasteiger partial charge < -0.3 is 9.53 Å². The van der Waals surface area contributed by atoms with E-state index in [4.69, 9.17) is 4.43 Å². The molecule has 124 valence electrons. The number of rotatable bonds is 4. The van der Waals surface area contributed by atoms with E-state index in [2.05, 4.69) is 54.8 Å². The monoisotopic (exact) mass is 393 g/mol. The molecule has 23 heavy (non-hydrogen) atoms. The minimum atomic E-state index is -1.89. The molecule has 1 N–H and O–H groups in total. The van der Waals surface area contributed by atoms with Gasteiger partial charge in [0.1, 0.15) is 11.9 Å². The lowest BCUT2D eigenvalue weighted by Crippen LogP contribution is -2.43. The summed E-state index contributed by atoms with van der Waals surface area (Å²) in [6.07, 6.45) is 2.66. The molecule has 2 rings (SSSR count). The highest BCUT2D eigenvalue weighted by molar-refractivity contribution is 9.10. The molecule has 0 aliphatic carbocycles. The maximum Gasteiger partial charge on any atom is 0.250 e. The van der Waals surface area contributed by atoms with Gasteiger partial charge in [-0.3, -0.25) is 4.98 Å². The molecule has 2 aromatic rings. The van der Waals surface area contributed by atoms with Gasteiger partial charge in [0.15, 0.2) is 0 Å². The van der Waals surface area contributed by atoms with Crippen molar-refractivity contribution >= 4 is 24.2 Å². The van der Waals surface area contributed by atoms with Gasteiger partial charge in [-0.05, 0) is 57.8 Å². The van der Waals surface area contributed by atoms with Crippen molar-refractivity contribution in [1.29, 1.82) is 0 Å². The van der Waals surface area contributed by atoms with Crippen molar-refractivity contribution in [3.8, 4) is 5.75 Å². The van der Waals surface area contributed by atoms with Gasteiger partial charge in [-0.15, -0.1) is 0 Å². The molecule has 0 aliphatic rings. The topological polar surface area (TPSA) is 42.4 Å². The normalized spacial score (nSPS) is 13.7. The van der Waals surface area contributed by atoms with E-state index in [1.807, 2.05) is 30.3 Å². The van der Waals surface area contributed by atoms with E-state index in [1.54, 1.807) is 12.4 Å². The van der Waals surface area contributed by atoms with Crippen LogP contribution in [0.3, 0.4) is 0 Å². The van der Waals surface area contributed by atoms with E-state index in [-0.39, 0.29) is 5.04 Å². The maximum absolute atomic E-state index is 10.6. The number of aliphatic hydroxyl groups is 1. The fourth-order valence-corrected chi connectivity index (χ4v) is 3.37. The molecule has 0 saturated heterocycles. The van der Waals surface area contributed by atoms with Gasteiger partial charge in [-0.1, -0.05) is 32.9 Å². The van der Waals surface area contributed by atoms with E-state index in [9.17, 15) is 5.11 Å². The maximum atomic E-state index is 10.6. The van der Waals surface area contributed by atoms with E-state index < -0.39 is 14.4 Å². The highest BCUT2D eigenvalue weighted by Crippen LogP contribution is 2.38. The van der Waals surface area contributed by atoms with Crippen LogP contribution >= 0.6 is 15.9 Å². The first-order valence-corrected chi connectivity index (χ1v) is 11.4. The van der Waals surface area contributed by atoms with Crippen molar-refractivity contribution in [3.05, 3.63) is 58.3 Å². The first-order valence-electron chi connectivity index (χ1n) is 7.68. The van der Waals surface area contributed by atoms with Crippen LogP contribution in [0.1, 0.15) is 38.0 Å². The van der Waals surface area contributed by atoms with Gasteiger partial charge in [0, 0.05) is 22.4 Å². The van der Waals surface area contributed by atoms with Crippen LogP contribution in [-0.4, -0.2) is 18.4 Å². The Morgan fingerprint density at radius 2 is 1.83 bits per heavy atom. The van der Waals surface area contributed by atoms with Crippen LogP contribution in [0.25, 0.3) is 0 Å². The molecule has 0 fully saturated rings. The lowest BCUT2D eigenvalue weighted by Gasteiger charge is -2.36. The molecule has 5 heteroatoms. The summed E-state index contributed by atoms with van der Waals surface area (Å²) < 4.78 is 7.17. The van der Waals surface area contributed by atoms with Crippen LogP contribution in [0, 0.1) is 0 Å². The first kappa shape index (κ1) is 18.2. The van der Waals surface area contributed by atoms with Crippen molar-refractivity contribution in [3.63, 3.8) is 0 Å². The Morgan fingerprint density at radius 1 is 1.13 bits per heavy atom. The molecule has 1 unspecified atom stereocenters. The summed E-state index contributed by atoms with van der Waals surface area (Å²) in [6.45, 7) is 11.1. The Balaban J connectivity index is 2.26. The lowest BCUT2D eigenvalue weighted by molar-refractivity contribution is 0.219. The smallest absolute Gasteiger partial charge is 0.250 e. The highest BCUT2D eigenvalue weighted by atomic mass is 79.9. The molecule has 1 atom stereocenters. The quantitative estimate of drug-likeness (QED) is 0.715. The van der Waals surface area contributed by atoms with Crippen LogP contribution in [-0.2, 0) is 0 Å². The van der Waals surface area contributed by atoms with Crippen LogP contribution in [0.2, 0.25) is 18.1 Å². The number of pyridine rings is 1. The third-order valence-electron chi connectivity index (χ3n) is 4.39. The molecule has 0 saturated carbocycles. The van der Waals surface area contributed by atoms with Crippen LogP contribution in [0.5, 0.6) is 5.75 Å². The van der Waals surface area contributed by atoms with Crippen molar-refractivity contribution in [2.75, 3.05) is 0 Å². The Kier molecular flexibility index (Phi) is 5.33. The molecule has 1 heterocycles. The predicted octanol–water partition coefficient (Wildman–Crippen LogP) is 5.31. The highest BCUT2D eigenvalue weighted by Gasteiger charge is 2.39. The van der Waals surface area contributed by atoms with Gasteiger partial charge in [-0.25, -0.2) is 0 Å². The average Bonchev–Trinajstić information content (AvgIpc) is 2.45. The van der Waals surface area contributed by atoms with Crippen LogP contribution < -0.4 is 4.43 Å². The number of hydrogen-bond acceptors (Lipinski definition) is 3. The minimum Gasteiger partial charge on any atom is -0.543 e. The Bertz CT molecular complexity index is 683. The molecule has 0 amide bonds. The van der Waals surface area contributed by atoms with Crippen molar-refractivity contribution in [2.45, 2.75) is 45.0 Å². The van der Waals surface area contributed by atoms with E-state index >= 15 is 0 Å². The number of hydrogen-bond donors (Lipinski definition) is 1. The standard InChI is InChI=1S/C18H24BrNO2Si/c1-18(2,3)23(4,5)22-16-8-6-7-13(10-16)17(21)14-9-15(19)12-20-11-14/h6-12,17,21H,1-5H3. The van der Waals surface area contributed by atoms with Crippen LogP contribution in [0.4, 0.5) is 0 Å². The zero-order valence-corrected chi connectivity index (χ0v) is 16.9. The Hall–Kier alpha value is -1.17. The second kappa shape index (κ2) is 6.75. The molecule has 0 aliphatic heterocycles. The first-order chi connectivity index (χ1) is 10.6. The number of aromatic nitrogens is 1. The second-order valence-electron chi connectivity index (χ2n) is 7.27. The summed E-state index contributed by atoms with van der Waals surface area (Å²) in [6, 6.07) is 9.58. The van der Waals surface area contributed by atoms with Gasteiger partial charge in [0.05, 0.1) is 0 Å². The molecule has 0 spiro atoms. The SMILES string of the molecule is CC(C)(C)[Si](C)(C)Oc1cccc(C(O)c2cncc(Br)c2)c1. The molecule has 0 bridgehead atoms. The van der Waals surface area contributed by atoms with Gasteiger partial charge in [0.25, 0.3) is 0 Å². The molecule has 0 radical (unpaired) electrons. The fourth-order valence-electron chi connectivity index (χ4n) is 1.97. The third-order valence-corrected chi connectivity index (χ3v) is 9.19. The van der Waals surface area contributed by atoms with Crippen molar-refractivity contribution in [2.24, 2.45) is 0 Å². The summed E-state index contributed by atoms with van der Waals surface area (Å²) in [5, 5.41) is 10.7. The molecule has 3 nitrogen and oxygen atoms in total. The summed E-state index contributed by atoms with van der Waals surface area (Å²) >= 11 is 3.39. The zero-order chi connectivity index (χ0) is 17.3. The van der Waals surface area contributed by atoms with Gasteiger partial charge in [0.2, 0.25) is 8.32 Å². The second-order valence-corrected chi connectivity index (χ2v) is 12.9. The molecular formula is C18H24BrNO2Si. The number of aliphatic hydroxyl groups excluding tert-OH is 1. The Morgan fingerprint density at radius 3 is 2.43 bits per heavy atom. The van der Waals surface area contributed by atoms with Crippen molar-refractivity contribution in [1.82, 2.24) is 4.98 Å². The van der Waals surface area contributed by atoms with E-state index in [0.717, 1.165) is 21.3 Å². The van der Waals surface area contributed by atoms with Crippen LogP contribution in [0.15, 0.2) is 47.2 Å². The number of benzene rings is 1. The van der Waals surface area contributed by atoms with E-state index in [0.29, 0.717) is 0 Å². The number of halogens is 1. The molecular weight excluding hydrogens is 370 g/mol. The zero-order valence-electron chi connectivity index (χ0n) is 14.3. The fraction of sp³-hybridized carbons (Fsp3) is 0.389. The van der Waals surface area contributed by atoms with E-state index in [1.165, 1.54) is 0 Å². The summed E-state index contributed by atoms with van der Waals surface area (Å²) in [4.78, 5) is 4.11. The summed E-state index contributed by atoms with van der Waals surface area (Å²) in [5.41, 5.74) is 1.56. The van der Waals surface area contributed by atoms with Gasteiger partial charge >= 0.3 is 0 Å². The number of nitrogens with zero attached hydrogens (tertiary/aromatic N) is 1. The summed E-state index contributed by atoms with van der Waals surface area (Å²) in [7, 11) is -1.89. The molecule has 1 aromatic carbocycles. The third kappa shape index (κ3) is 4.43.